The average Bonchev–Trinajstić information content (AvgIpc) is 0.902. The van der Waals surface area contributed by atoms with Gasteiger partial charge >= 0.3 is 39.5 Å². The van der Waals surface area contributed by atoms with Crippen LogP contribution in [0.15, 0.2) is 0 Å². The number of aliphatic hydroxyl groups excluding tert-OH is 1. The van der Waals surface area contributed by atoms with E-state index in [0.717, 1.165) is 114 Å². The molecule has 0 saturated heterocycles. The molecule has 0 bridgehead atoms. The molecule has 3 N–H and O–H groups in total. The van der Waals surface area contributed by atoms with Gasteiger partial charge in [-0.05, 0) is 49.4 Å². The first kappa shape index (κ1) is 110. The summed E-state index contributed by atoms with van der Waals surface area (Å²) in [5.74, 6) is 1.18. The Morgan fingerprint density at radius 1 is 0.250 bits per heavy atom. The normalized spacial score (nSPS) is 14.3. The number of carbonyl (C=O) groups is 4. The predicted molar refractivity (Wildman–Crippen MR) is 464 cm³/mol. The molecule has 112 heavy (non-hydrogen) atoms. The number of aliphatic hydroxyl groups is 1. The van der Waals surface area contributed by atoms with Crippen LogP contribution in [0.3, 0.4) is 0 Å². The molecule has 0 aliphatic heterocycles. The Hall–Kier alpha value is -1.94. The molecule has 0 fully saturated rings. The lowest BCUT2D eigenvalue weighted by molar-refractivity contribution is -0.161. The van der Waals surface area contributed by atoms with Crippen LogP contribution in [0, 0.1) is 23.7 Å². The van der Waals surface area contributed by atoms with Crippen molar-refractivity contribution in [2.24, 2.45) is 23.7 Å². The van der Waals surface area contributed by atoms with Gasteiger partial charge in [-0.25, -0.2) is 9.13 Å². The maximum Gasteiger partial charge on any atom is 0.472 e. The van der Waals surface area contributed by atoms with Gasteiger partial charge in [-0.1, -0.05) is 441 Å². The van der Waals surface area contributed by atoms with E-state index in [4.69, 9.17) is 37.0 Å². The van der Waals surface area contributed by atoms with Gasteiger partial charge in [0.1, 0.15) is 19.3 Å². The van der Waals surface area contributed by atoms with E-state index in [-0.39, 0.29) is 25.7 Å². The van der Waals surface area contributed by atoms with Gasteiger partial charge in [0.2, 0.25) is 0 Å². The van der Waals surface area contributed by atoms with Crippen LogP contribution in [-0.2, 0) is 65.4 Å². The van der Waals surface area contributed by atoms with Gasteiger partial charge in [0.05, 0.1) is 26.4 Å². The molecule has 0 heterocycles. The molecule has 0 aromatic rings. The van der Waals surface area contributed by atoms with E-state index in [1.807, 2.05) is 0 Å². The number of phosphoric ester groups is 2. The van der Waals surface area contributed by atoms with Gasteiger partial charge in [-0.2, -0.15) is 0 Å². The summed E-state index contributed by atoms with van der Waals surface area (Å²) >= 11 is 0. The molecule has 0 aromatic heterocycles. The van der Waals surface area contributed by atoms with E-state index in [1.54, 1.807) is 0 Å². The predicted octanol–water partition coefficient (Wildman–Crippen LogP) is 28.7. The van der Waals surface area contributed by atoms with E-state index in [1.165, 1.54) is 295 Å². The summed E-state index contributed by atoms with van der Waals surface area (Å²) in [7, 11) is -9.94. The van der Waals surface area contributed by atoms with Crippen LogP contribution >= 0.6 is 15.6 Å². The molecule has 666 valence electrons. The number of ether oxygens (including phenoxy) is 4. The second-order valence-electron chi connectivity index (χ2n) is 34.8. The van der Waals surface area contributed by atoms with Crippen molar-refractivity contribution in [3.05, 3.63) is 0 Å². The third-order valence-electron chi connectivity index (χ3n) is 22.5. The summed E-state index contributed by atoms with van der Waals surface area (Å²) in [4.78, 5) is 73.5. The molecule has 0 aliphatic rings. The Kier molecular flexibility index (Phi) is 80.0. The van der Waals surface area contributed by atoms with Crippen molar-refractivity contribution in [1.29, 1.82) is 0 Å². The number of phosphoric acid groups is 2. The number of unbranched alkanes of at least 4 members (excludes halogenated alkanes) is 54. The fourth-order valence-electron chi connectivity index (χ4n) is 14.5. The first-order valence-electron chi connectivity index (χ1n) is 47.8. The standard InChI is InChI=1S/C93H182O17P2/c1-9-85(7)71-63-55-47-39-31-25-19-15-11-13-17-21-27-33-41-49-57-65-73-90(95)103-79-88(109-92(97)75-67-59-51-42-34-28-22-18-14-12-16-20-26-32-40-48-56-64-72-86(8)10-2)81-107-111(99,100)105-77-87(94)78-106-112(101,102)108-82-89(80-104-91(96)74-66-58-50-44-36-38-46-54-62-70-84(5)6)110-93(98)76-68-60-52-43-35-29-23-24-30-37-45-53-61-69-83(3)4/h83-89,94H,9-82H2,1-8H3,(H,99,100)(H,101,102)/t85?,86?,87-,88-,89-/m1/s1. The van der Waals surface area contributed by atoms with Crippen molar-refractivity contribution in [2.75, 3.05) is 39.6 Å². The molecular formula is C93H182O17P2. The monoisotopic (exact) mass is 1630 g/mol. The topological polar surface area (TPSA) is 237 Å². The Labute approximate surface area is 689 Å². The van der Waals surface area contributed by atoms with Crippen LogP contribution in [0.1, 0.15) is 492 Å². The minimum absolute atomic E-state index is 0.107. The van der Waals surface area contributed by atoms with Gasteiger partial charge < -0.3 is 33.8 Å². The number of carbonyl (C=O) groups excluding carboxylic acids is 4. The first-order valence-corrected chi connectivity index (χ1v) is 50.8. The van der Waals surface area contributed by atoms with E-state index >= 15 is 0 Å². The van der Waals surface area contributed by atoms with Crippen molar-refractivity contribution in [3.63, 3.8) is 0 Å². The van der Waals surface area contributed by atoms with Gasteiger partial charge in [0.15, 0.2) is 12.2 Å². The van der Waals surface area contributed by atoms with E-state index in [0.29, 0.717) is 25.7 Å². The largest absolute Gasteiger partial charge is 0.472 e. The Bertz CT molecular complexity index is 2170. The molecule has 0 aromatic carbocycles. The Balaban J connectivity index is 5.24. The highest BCUT2D eigenvalue weighted by molar-refractivity contribution is 7.47. The summed E-state index contributed by atoms with van der Waals surface area (Å²) in [5.41, 5.74) is 0. The highest BCUT2D eigenvalue weighted by atomic mass is 31.2. The minimum atomic E-state index is -4.97. The van der Waals surface area contributed by atoms with Crippen LogP contribution < -0.4 is 0 Å². The van der Waals surface area contributed by atoms with Crippen LogP contribution in [0.5, 0.6) is 0 Å². The number of esters is 4. The highest BCUT2D eigenvalue weighted by Gasteiger charge is 2.31. The maximum absolute atomic E-state index is 13.2. The number of rotatable bonds is 90. The van der Waals surface area contributed by atoms with E-state index in [9.17, 15) is 43.2 Å². The molecule has 7 atom stereocenters. The Morgan fingerprint density at radius 2 is 0.429 bits per heavy atom. The molecular weight excluding hydrogens is 1450 g/mol. The SMILES string of the molecule is CCC(C)CCCCCCCCCCCCCCCCCCCCC(=O)OC[C@H](COP(=O)(O)OC[C@@H](O)COP(=O)(O)OC[C@@H](COC(=O)CCCCCCCCCCCC(C)C)OC(=O)CCCCCCCCCCCCCCCC(C)C)OC(=O)CCCCCCCCCCCCCCCCCCCCC(C)CC. The molecule has 19 heteroatoms. The summed E-state index contributed by atoms with van der Waals surface area (Å²) in [6, 6.07) is 0. The van der Waals surface area contributed by atoms with Crippen molar-refractivity contribution in [2.45, 2.75) is 510 Å². The van der Waals surface area contributed by atoms with Gasteiger partial charge in [0, 0.05) is 25.7 Å². The molecule has 4 unspecified atom stereocenters. The number of hydrogen-bond acceptors (Lipinski definition) is 15. The third kappa shape index (κ3) is 83.1. The smallest absolute Gasteiger partial charge is 0.462 e. The van der Waals surface area contributed by atoms with Gasteiger partial charge in [0.25, 0.3) is 0 Å². The number of hydrogen-bond donors (Lipinski definition) is 3. The zero-order chi connectivity index (χ0) is 82.3. The summed E-state index contributed by atoms with van der Waals surface area (Å²) < 4.78 is 69.1. The second kappa shape index (κ2) is 81.4. The van der Waals surface area contributed by atoms with Crippen molar-refractivity contribution >= 4 is 39.5 Å². The van der Waals surface area contributed by atoms with Crippen molar-refractivity contribution < 1.29 is 80.2 Å². The zero-order valence-electron chi connectivity index (χ0n) is 74.3. The van der Waals surface area contributed by atoms with Crippen LogP contribution in [0.4, 0.5) is 0 Å². The summed E-state index contributed by atoms with van der Waals surface area (Å²) in [6.07, 6.45) is 73.6. The van der Waals surface area contributed by atoms with Crippen molar-refractivity contribution in [1.82, 2.24) is 0 Å². The average molecular weight is 1630 g/mol. The maximum atomic E-state index is 13.2. The molecule has 0 radical (unpaired) electrons. The van der Waals surface area contributed by atoms with E-state index in [2.05, 4.69) is 55.4 Å². The molecule has 0 aliphatic carbocycles. The van der Waals surface area contributed by atoms with Crippen LogP contribution in [0.2, 0.25) is 0 Å². The lowest BCUT2D eigenvalue weighted by Crippen LogP contribution is -2.30. The molecule has 0 spiro atoms. The fraction of sp³-hybridized carbons (Fsp3) is 0.957. The van der Waals surface area contributed by atoms with E-state index < -0.39 is 97.5 Å². The fourth-order valence-corrected chi connectivity index (χ4v) is 16.1. The lowest BCUT2D eigenvalue weighted by Gasteiger charge is -2.21. The summed E-state index contributed by atoms with van der Waals surface area (Å²) in [6.45, 7) is 14.5. The minimum Gasteiger partial charge on any atom is -0.462 e. The van der Waals surface area contributed by atoms with Gasteiger partial charge in [-0.3, -0.25) is 37.3 Å². The Morgan fingerprint density at radius 3 is 0.634 bits per heavy atom. The molecule has 0 saturated carbocycles. The highest BCUT2D eigenvalue weighted by Crippen LogP contribution is 2.45. The lowest BCUT2D eigenvalue weighted by atomic mass is 9.99. The second-order valence-corrected chi connectivity index (χ2v) is 37.7. The zero-order valence-corrected chi connectivity index (χ0v) is 76.1. The van der Waals surface area contributed by atoms with Crippen molar-refractivity contribution in [3.8, 4) is 0 Å². The first-order chi connectivity index (χ1) is 54.2. The molecule has 0 rings (SSSR count). The molecule has 17 nitrogen and oxygen atoms in total. The molecule has 0 amide bonds. The van der Waals surface area contributed by atoms with Crippen LogP contribution in [0.25, 0.3) is 0 Å². The third-order valence-corrected chi connectivity index (χ3v) is 24.4. The quantitative estimate of drug-likeness (QED) is 0.0222. The summed E-state index contributed by atoms with van der Waals surface area (Å²) in [5, 5.41) is 10.7. The van der Waals surface area contributed by atoms with Gasteiger partial charge in [-0.15, -0.1) is 0 Å². The van der Waals surface area contributed by atoms with Crippen LogP contribution in [-0.4, -0.2) is 96.7 Å².